The molecule has 0 fully saturated rings. The lowest BCUT2D eigenvalue weighted by Gasteiger charge is -2.30. The molecule has 2 atom stereocenters. The second-order valence-corrected chi connectivity index (χ2v) is 13.6. The van der Waals surface area contributed by atoms with Gasteiger partial charge in [-0.15, -0.1) is 0 Å². The van der Waals surface area contributed by atoms with Gasteiger partial charge in [0.15, 0.2) is 0 Å². The van der Waals surface area contributed by atoms with Crippen LogP contribution in [0, 0.1) is 0 Å². The van der Waals surface area contributed by atoms with Crippen molar-refractivity contribution in [3.63, 3.8) is 0 Å². The molecule has 18 nitrogen and oxygen atoms in total. The molecule has 18 heteroatoms. The highest BCUT2D eigenvalue weighted by molar-refractivity contribution is 6.06. The van der Waals surface area contributed by atoms with E-state index in [1.165, 1.54) is 30.5 Å². The minimum absolute atomic E-state index is 0.172. The van der Waals surface area contributed by atoms with E-state index >= 15 is 0 Å². The topological polar surface area (TPSA) is 257 Å². The first kappa shape index (κ1) is 40.9. The van der Waals surface area contributed by atoms with E-state index in [1.807, 2.05) is 60.7 Å². The molecular formula is C41H44N12O6. The van der Waals surface area contributed by atoms with Crippen molar-refractivity contribution in [2.24, 2.45) is 32.6 Å². The zero-order chi connectivity index (χ0) is 42.2. The number of hydrogen-bond acceptors (Lipinski definition) is 8. The zero-order valence-electron chi connectivity index (χ0n) is 32.4. The molecule has 304 valence electrons. The van der Waals surface area contributed by atoms with Crippen LogP contribution in [0.5, 0.6) is 0 Å². The molecular weight excluding hydrogens is 757 g/mol. The average Bonchev–Trinajstić information content (AvgIpc) is 4.02. The molecule has 0 aliphatic rings. The number of nitrogens with zero attached hydrogens (tertiary/aromatic N) is 3. The fourth-order valence-corrected chi connectivity index (χ4v) is 6.46. The van der Waals surface area contributed by atoms with Crippen LogP contribution in [0.15, 0.2) is 110 Å². The maximum absolute atomic E-state index is 14.2. The average molecular weight is 801 g/mol. The van der Waals surface area contributed by atoms with Crippen molar-refractivity contribution in [2.45, 2.75) is 12.1 Å². The molecule has 2 unspecified atom stereocenters. The molecule has 11 N–H and O–H groups in total. The lowest BCUT2D eigenvalue weighted by Crippen LogP contribution is -2.41. The fraction of sp³-hybridized carbons (Fsp3) is 0.171. The number of aromatic amines is 1. The lowest BCUT2D eigenvalue weighted by atomic mass is 9.92. The van der Waals surface area contributed by atoms with Gasteiger partial charge in [0.2, 0.25) is 11.8 Å². The smallest absolute Gasteiger partial charge is 0.272 e. The second-order valence-electron chi connectivity index (χ2n) is 13.6. The number of aromatic nitrogens is 4. The highest BCUT2D eigenvalue weighted by atomic mass is 16.2. The predicted octanol–water partition coefficient (Wildman–Crippen LogP) is 2.97. The summed E-state index contributed by atoms with van der Waals surface area (Å²) in [6.07, 6.45) is 6.23. The minimum Gasteiger partial charge on any atom is -0.355 e. The molecule has 6 rings (SSSR count). The van der Waals surface area contributed by atoms with Crippen LogP contribution in [0.1, 0.15) is 65.2 Å². The summed E-state index contributed by atoms with van der Waals surface area (Å²) >= 11 is 0. The molecule has 0 saturated heterocycles. The van der Waals surface area contributed by atoms with Gasteiger partial charge in [-0.05, 0) is 35.4 Å². The maximum atomic E-state index is 14.2. The van der Waals surface area contributed by atoms with Crippen LogP contribution in [0.2, 0.25) is 0 Å². The summed E-state index contributed by atoms with van der Waals surface area (Å²) in [4.78, 5) is 80.8. The summed E-state index contributed by atoms with van der Waals surface area (Å²) in [5, 5.41) is 17.0. The Bertz CT molecular complexity index is 2500. The maximum Gasteiger partial charge on any atom is 0.272 e. The zero-order valence-corrected chi connectivity index (χ0v) is 32.4. The Kier molecular flexibility index (Phi) is 12.5. The van der Waals surface area contributed by atoms with E-state index in [0.717, 1.165) is 0 Å². The van der Waals surface area contributed by atoms with Gasteiger partial charge >= 0.3 is 0 Å². The number of carbonyl (C=O) groups excluding carboxylic acids is 6. The van der Waals surface area contributed by atoms with Crippen LogP contribution >= 0.6 is 0 Å². The van der Waals surface area contributed by atoms with Crippen molar-refractivity contribution in [1.82, 2.24) is 29.3 Å². The third-order valence-electron chi connectivity index (χ3n) is 9.32. The first-order chi connectivity index (χ1) is 28.3. The van der Waals surface area contributed by atoms with E-state index in [-0.39, 0.29) is 35.9 Å². The van der Waals surface area contributed by atoms with Crippen LogP contribution in [-0.4, -0.2) is 67.2 Å². The quantitative estimate of drug-likeness (QED) is 0.0745. The Labute approximate surface area is 338 Å². The van der Waals surface area contributed by atoms with Gasteiger partial charge in [-0.25, -0.2) is 0 Å². The number of benzene rings is 2. The number of amides is 6. The molecule has 0 bridgehead atoms. The van der Waals surface area contributed by atoms with Crippen LogP contribution in [0.25, 0.3) is 0 Å². The number of anilines is 4. The van der Waals surface area contributed by atoms with Crippen LogP contribution < -0.4 is 43.4 Å². The molecule has 59 heavy (non-hydrogen) atoms. The molecule has 6 amide bonds. The van der Waals surface area contributed by atoms with Crippen molar-refractivity contribution >= 4 is 58.2 Å². The van der Waals surface area contributed by atoms with Crippen molar-refractivity contribution in [2.75, 3.05) is 34.4 Å². The number of nitrogens with two attached hydrogens (primary N) is 2. The van der Waals surface area contributed by atoms with Crippen LogP contribution in [0.4, 0.5) is 22.7 Å². The van der Waals surface area contributed by atoms with Gasteiger partial charge in [0, 0.05) is 45.9 Å². The van der Waals surface area contributed by atoms with Crippen LogP contribution in [0.3, 0.4) is 0 Å². The van der Waals surface area contributed by atoms with Crippen molar-refractivity contribution in [3.8, 4) is 0 Å². The number of nitrogens with one attached hydrogen (secondary N) is 7. The van der Waals surface area contributed by atoms with Gasteiger partial charge in [0.1, 0.15) is 22.8 Å². The Balaban J connectivity index is 1.22. The minimum atomic E-state index is -0.796. The van der Waals surface area contributed by atoms with Gasteiger partial charge < -0.3 is 62.1 Å². The number of carbonyl (C=O) groups is 6. The molecule has 0 aliphatic heterocycles. The first-order valence-corrected chi connectivity index (χ1v) is 18.3. The predicted molar refractivity (Wildman–Crippen MR) is 222 cm³/mol. The van der Waals surface area contributed by atoms with Gasteiger partial charge in [-0.2, -0.15) is 0 Å². The molecule has 4 heterocycles. The SMILES string of the molecule is Cn1cc(NC(=O)CN)cc1C(=O)Nc1cc(C(=O)NC(c2ccccc2)C(NC(=O)c2cc(NC(=O)c3cc(NC(=O)CN)c[nH]3)cn2C)c2ccccc2)n(C)c1. The summed E-state index contributed by atoms with van der Waals surface area (Å²) in [7, 11) is 4.99. The summed E-state index contributed by atoms with van der Waals surface area (Å²) in [5.74, 6) is -2.76. The Morgan fingerprint density at radius 3 is 1.36 bits per heavy atom. The molecule has 0 spiro atoms. The highest BCUT2D eigenvalue weighted by Crippen LogP contribution is 2.31. The van der Waals surface area contributed by atoms with Crippen molar-refractivity contribution in [1.29, 1.82) is 0 Å². The monoisotopic (exact) mass is 800 g/mol. The summed E-state index contributed by atoms with van der Waals surface area (Å²) < 4.78 is 4.70. The number of hydrogen-bond donors (Lipinski definition) is 9. The van der Waals surface area contributed by atoms with E-state index in [9.17, 15) is 28.8 Å². The fourth-order valence-electron chi connectivity index (χ4n) is 6.46. The molecule has 2 aromatic carbocycles. The van der Waals surface area contributed by atoms with Crippen LogP contribution in [-0.2, 0) is 30.7 Å². The number of aryl methyl sites for hydroxylation is 3. The molecule has 0 radical (unpaired) electrons. The van der Waals surface area contributed by atoms with E-state index in [2.05, 4.69) is 36.9 Å². The molecule has 0 saturated carbocycles. The Hall–Kier alpha value is -7.70. The summed E-state index contributed by atoms with van der Waals surface area (Å²) in [6.45, 7) is -0.417. The third kappa shape index (κ3) is 9.82. The largest absolute Gasteiger partial charge is 0.355 e. The first-order valence-electron chi connectivity index (χ1n) is 18.3. The van der Waals surface area contributed by atoms with Crippen molar-refractivity contribution in [3.05, 3.63) is 144 Å². The third-order valence-corrected chi connectivity index (χ3v) is 9.32. The summed E-state index contributed by atoms with van der Waals surface area (Å²) in [5.41, 5.74) is 14.5. The highest BCUT2D eigenvalue weighted by Gasteiger charge is 2.30. The second kappa shape index (κ2) is 18.0. The standard InChI is InChI=1S/C41H44N12O6/c1-51-21-27(46-35(55)19-43)15-31(51)39(57)48-29-17-33(53(3)23-29)41(59)50-37(25-12-8-5-9-13-25)36(24-10-6-4-7-11-24)49-40(58)32-16-28(22-52(32)2)47-38(56)30-14-26(20-44-30)45-34(54)18-42/h4-17,20-23,36-37,44H,18-19,42-43H2,1-3H3,(H,45,54)(H,46,55)(H,47,56)(H,48,57)(H,49,58)(H,50,59). The van der Waals surface area contributed by atoms with E-state index in [0.29, 0.717) is 33.9 Å². The van der Waals surface area contributed by atoms with Gasteiger partial charge in [0.05, 0.1) is 47.9 Å². The van der Waals surface area contributed by atoms with E-state index < -0.39 is 47.5 Å². The van der Waals surface area contributed by atoms with E-state index in [4.69, 9.17) is 11.5 Å². The Morgan fingerprint density at radius 2 is 0.915 bits per heavy atom. The molecule has 6 aromatic rings. The van der Waals surface area contributed by atoms with Gasteiger partial charge in [-0.3, -0.25) is 28.8 Å². The summed E-state index contributed by atoms with van der Waals surface area (Å²) in [6, 6.07) is 22.8. The van der Waals surface area contributed by atoms with Gasteiger partial charge in [0.25, 0.3) is 23.6 Å². The van der Waals surface area contributed by atoms with E-state index in [1.54, 1.807) is 53.4 Å². The number of rotatable bonds is 15. The Morgan fingerprint density at radius 1 is 0.525 bits per heavy atom. The molecule has 4 aromatic heterocycles. The molecule has 0 aliphatic carbocycles. The van der Waals surface area contributed by atoms with Gasteiger partial charge in [-0.1, -0.05) is 60.7 Å². The lowest BCUT2D eigenvalue weighted by molar-refractivity contribution is -0.115. The normalized spacial score (nSPS) is 11.9. The van der Waals surface area contributed by atoms with Crippen molar-refractivity contribution < 1.29 is 28.8 Å². The number of H-pyrrole nitrogens is 1.